The van der Waals surface area contributed by atoms with Crippen LogP contribution in [-0.2, 0) is 13.1 Å². The highest BCUT2D eigenvalue weighted by atomic mass is 16.2. The fourth-order valence-corrected chi connectivity index (χ4v) is 2.89. The van der Waals surface area contributed by atoms with E-state index in [1.54, 1.807) is 12.3 Å². The number of anilines is 2. The minimum Gasteiger partial charge on any atom is -0.384 e. The quantitative estimate of drug-likeness (QED) is 0.759. The number of carbonyl (C=O) groups excluding carboxylic acids is 1. The Morgan fingerprint density at radius 2 is 2.21 bits per heavy atom. The zero-order valence-corrected chi connectivity index (χ0v) is 14.2. The molecule has 3 rings (SSSR count). The Labute approximate surface area is 141 Å². The number of nitrogen functional groups attached to an aromatic ring is 1. The van der Waals surface area contributed by atoms with Crippen molar-refractivity contribution in [1.29, 1.82) is 0 Å². The number of amides is 2. The van der Waals surface area contributed by atoms with E-state index in [4.69, 9.17) is 5.73 Å². The van der Waals surface area contributed by atoms with Crippen LogP contribution in [0.1, 0.15) is 49.1 Å². The Balaban J connectivity index is 1.62. The lowest BCUT2D eigenvalue weighted by Gasteiger charge is -2.10. The summed E-state index contributed by atoms with van der Waals surface area (Å²) in [4.78, 5) is 16.3. The topological polar surface area (TPSA) is 97.9 Å². The molecule has 4 N–H and O–H groups in total. The molecule has 7 nitrogen and oxygen atoms in total. The minimum absolute atomic E-state index is 0.235. The third-order valence-corrected chi connectivity index (χ3v) is 4.01. The summed E-state index contributed by atoms with van der Waals surface area (Å²) >= 11 is 0. The zero-order valence-electron chi connectivity index (χ0n) is 14.2. The molecule has 2 amide bonds. The van der Waals surface area contributed by atoms with Crippen LogP contribution in [0.4, 0.5) is 16.3 Å². The van der Waals surface area contributed by atoms with Gasteiger partial charge in [-0.05, 0) is 43.9 Å². The molecule has 0 bridgehead atoms. The molecule has 2 aromatic heterocycles. The summed E-state index contributed by atoms with van der Waals surface area (Å²) in [6, 6.07) is 3.44. The molecule has 0 radical (unpaired) electrons. The second-order valence-corrected chi connectivity index (χ2v) is 6.29. The van der Waals surface area contributed by atoms with Crippen LogP contribution < -0.4 is 16.4 Å². The molecule has 0 unspecified atom stereocenters. The first-order chi connectivity index (χ1) is 11.6. The summed E-state index contributed by atoms with van der Waals surface area (Å²) in [5, 5.41) is 10.2. The SMILES string of the molecule is CCCn1ncc(NC(=O)NCc2cc(C)nc(N)c2)c1C1CC1. The lowest BCUT2D eigenvalue weighted by atomic mass is 10.2. The van der Waals surface area contributed by atoms with Crippen molar-refractivity contribution < 1.29 is 4.79 Å². The van der Waals surface area contributed by atoms with Crippen LogP contribution in [0.2, 0.25) is 0 Å². The van der Waals surface area contributed by atoms with Gasteiger partial charge in [0, 0.05) is 24.7 Å². The van der Waals surface area contributed by atoms with E-state index in [0.29, 0.717) is 18.3 Å². The fourth-order valence-electron chi connectivity index (χ4n) is 2.89. The number of carbonyl (C=O) groups is 1. The average Bonchev–Trinajstić information content (AvgIpc) is 3.28. The highest BCUT2D eigenvalue weighted by Gasteiger charge is 2.30. The number of nitrogens with two attached hydrogens (primary N) is 1. The normalized spacial score (nSPS) is 13.8. The summed E-state index contributed by atoms with van der Waals surface area (Å²) in [6.07, 6.45) is 5.11. The smallest absolute Gasteiger partial charge is 0.319 e. The minimum atomic E-state index is -0.235. The van der Waals surface area contributed by atoms with Gasteiger partial charge in [0.1, 0.15) is 5.82 Å². The standard InChI is InChI=1S/C17H24N6O/c1-3-6-23-16(13-4-5-13)14(10-20-23)22-17(24)19-9-12-7-11(2)21-15(18)8-12/h7-8,10,13H,3-6,9H2,1-2H3,(H2,18,21)(H2,19,22,24). The van der Waals surface area contributed by atoms with Crippen LogP contribution in [0.15, 0.2) is 18.3 Å². The number of aromatic nitrogens is 3. The number of hydrogen-bond donors (Lipinski definition) is 3. The molecule has 1 aliphatic carbocycles. The van der Waals surface area contributed by atoms with Crippen LogP contribution in [0.3, 0.4) is 0 Å². The fraction of sp³-hybridized carbons (Fsp3) is 0.471. The first kappa shape index (κ1) is 16.3. The van der Waals surface area contributed by atoms with E-state index < -0.39 is 0 Å². The molecule has 1 fully saturated rings. The van der Waals surface area contributed by atoms with Crippen LogP contribution in [0, 0.1) is 6.92 Å². The van der Waals surface area contributed by atoms with E-state index in [1.165, 1.54) is 12.8 Å². The maximum Gasteiger partial charge on any atom is 0.319 e. The molecule has 0 aliphatic heterocycles. The van der Waals surface area contributed by atoms with Gasteiger partial charge in [0.15, 0.2) is 0 Å². The Bertz CT molecular complexity index is 714. The summed E-state index contributed by atoms with van der Waals surface area (Å²) in [5.41, 5.74) is 9.46. The Morgan fingerprint density at radius 1 is 1.42 bits per heavy atom. The van der Waals surface area contributed by atoms with Crippen LogP contribution in [-0.4, -0.2) is 20.8 Å². The molecule has 24 heavy (non-hydrogen) atoms. The van der Waals surface area contributed by atoms with Crippen LogP contribution in [0.25, 0.3) is 0 Å². The number of hydrogen-bond acceptors (Lipinski definition) is 4. The monoisotopic (exact) mass is 328 g/mol. The summed E-state index contributed by atoms with van der Waals surface area (Å²) < 4.78 is 2.01. The predicted molar refractivity (Wildman–Crippen MR) is 93.7 cm³/mol. The molecule has 1 aliphatic rings. The number of urea groups is 1. The van der Waals surface area contributed by atoms with E-state index in [-0.39, 0.29) is 6.03 Å². The van der Waals surface area contributed by atoms with Crippen molar-refractivity contribution in [3.8, 4) is 0 Å². The number of nitrogens with one attached hydrogen (secondary N) is 2. The van der Waals surface area contributed by atoms with Crippen LogP contribution in [0.5, 0.6) is 0 Å². The molecule has 0 saturated heterocycles. The van der Waals surface area contributed by atoms with E-state index in [1.807, 2.05) is 17.7 Å². The summed E-state index contributed by atoms with van der Waals surface area (Å²) in [5.74, 6) is 0.987. The maximum absolute atomic E-state index is 12.2. The van der Waals surface area contributed by atoms with E-state index in [2.05, 4.69) is 27.6 Å². The van der Waals surface area contributed by atoms with E-state index in [9.17, 15) is 4.79 Å². The van der Waals surface area contributed by atoms with Gasteiger partial charge in [-0.2, -0.15) is 5.10 Å². The summed E-state index contributed by atoms with van der Waals surface area (Å²) in [6.45, 7) is 5.29. The number of pyridine rings is 1. The summed E-state index contributed by atoms with van der Waals surface area (Å²) in [7, 11) is 0. The Kier molecular flexibility index (Phi) is 4.69. The van der Waals surface area contributed by atoms with Gasteiger partial charge < -0.3 is 16.4 Å². The first-order valence-corrected chi connectivity index (χ1v) is 8.40. The van der Waals surface area contributed by atoms with Crippen molar-refractivity contribution in [3.63, 3.8) is 0 Å². The van der Waals surface area contributed by atoms with Crippen molar-refractivity contribution in [2.24, 2.45) is 0 Å². The van der Waals surface area contributed by atoms with Gasteiger partial charge >= 0.3 is 6.03 Å². The molecule has 0 spiro atoms. The largest absolute Gasteiger partial charge is 0.384 e. The number of nitrogens with zero attached hydrogens (tertiary/aromatic N) is 3. The predicted octanol–water partition coefficient (Wildman–Crippen LogP) is 2.78. The molecular formula is C17H24N6O. The second-order valence-electron chi connectivity index (χ2n) is 6.29. The van der Waals surface area contributed by atoms with Crippen molar-refractivity contribution in [2.75, 3.05) is 11.1 Å². The Hall–Kier alpha value is -2.57. The molecule has 2 heterocycles. The molecule has 0 aromatic carbocycles. The van der Waals surface area contributed by atoms with Gasteiger partial charge in [0.25, 0.3) is 0 Å². The lowest BCUT2D eigenvalue weighted by Crippen LogP contribution is -2.28. The second kappa shape index (κ2) is 6.90. The van der Waals surface area contributed by atoms with Gasteiger partial charge in [-0.1, -0.05) is 6.92 Å². The molecule has 0 atom stereocenters. The van der Waals surface area contributed by atoms with Crippen molar-refractivity contribution >= 4 is 17.5 Å². The number of rotatable bonds is 6. The number of aryl methyl sites for hydroxylation is 2. The van der Waals surface area contributed by atoms with Crippen molar-refractivity contribution in [2.45, 2.75) is 52.1 Å². The van der Waals surface area contributed by atoms with Gasteiger partial charge in [-0.25, -0.2) is 9.78 Å². The molecule has 7 heteroatoms. The molecule has 2 aromatic rings. The van der Waals surface area contributed by atoms with Gasteiger partial charge in [-0.3, -0.25) is 4.68 Å². The molecule has 1 saturated carbocycles. The van der Waals surface area contributed by atoms with Crippen molar-refractivity contribution in [3.05, 3.63) is 35.3 Å². The van der Waals surface area contributed by atoms with Gasteiger partial charge in [-0.15, -0.1) is 0 Å². The highest BCUT2D eigenvalue weighted by molar-refractivity contribution is 5.89. The van der Waals surface area contributed by atoms with E-state index in [0.717, 1.165) is 35.6 Å². The average molecular weight is 328 g/mol. The van der Waals surface area contributed by atoms with Gasteiger partial charge in [0.2, 0.25) is 0 Å². The zero-order chi connectivity index (χ0) is 17.1. The first-order valence-electron chi connectivity index (χ1n) is 8.40. The molecule has 128 valence electrons. The third kappa shape index (κ3) is 3.84. The lowest BCUT2D eigenvalue weighted by molar-refractivity contribution is 0.251. The third-order valence-electron chi connectivity index (χ3n) is 4.01. The van der Waals surface area contributed by atoms with E-state index >= 15 is 0 Å². The van der Waals surface area contributed by atoms with Crippen LogP contribution >= 0.6 is 0 Å². The Morgan fingerprint density at radius 3 is 2.88 bits per heavy atom. The molecular weight excluding hydrogens is 304 g/mol. The van der Waals surface area contributed by atoms with Crippen molar-refractivity contribution in [1.82, 2.24) is 20.1 Å². The van der Waals surface area contributed by atoms with Gasteiger partial charge in [0.05, 0.1) is 17.6 Å². The highest BCUT2D eigenvalue weighted by Crippen LogP contribution is 2.43. The maximum atomic E-state index is 12.2.